The molecule has 0 spiro atoms. The zero-order chi connectivity index (χ0) is 14.7. The molecule has 1 fully saturated rings. The molecule has 5 nitrogen and oxygen atoms in total. The van der Waals surface area contributed by atoms with Crippen molar-refractivity contribution in [2.24, 2.45) is 0 Å². The van der Waals surface area contributed by atoms with Crippen LogP contribution in [0.1, 0.15) is 15.9 Å². The number of thiazole rings is 1. The van der Waals surface area contributed by atoms with Crippen LogP contribution in [0.15, 0.2) is 29.8 Å². The lowest BCUT2D eigenvalue weighted by atomic mass is 10.1. The van der Waals surface area contributed by atoms with Crippen LogP contribution in [0.2, 0.25) is 0 Å². The Balaban J connectivity index is 1.75. The quantitative estimate of drug-likeness (QED) is 0.813. The summed E-state index contributed by atoms with van der Waals surface area (Å²) in [4.78, 5) is 19.6. The van der Waals surface area contributed by atoms with Gasteiger partial charge in [0.2, 0.25) is 0 Å². The van der Waals surface area contributed by atoms with Crippen molar-refractivity contribution in [2.75, 3.05) is 36.0 Å². The van der Waals surface area contributed by atoms with Gasteiger partial charge in [0, 0.05) is 43.3 Å². The summed E-state index contributed by atoms with van der Waals surface area (Å²) in [6.07, 6.45) is 2.59. The number of anilines is 2. The van der Waals surface area contributed by atoms with E-state index in [1.165, 1.54) is 0 Å². The topological polar surface area (TPSA) is 60.2 Å². The zero-order valence-electron chi connectivity index (χ0n) is 11.4. The molecule has 106 valence electrons. The Hall–Kier alpha value is -2.39. The van der Waals surface area contributed by atoms with E-state index in [9.17, 15) is 10.1 Å². The molecule has 3 rings (SSSR count). The Morgan fingerprint density at radius 1 is 1.24 bits per heavy atom. The van der Waals surface area contributed by atoms with E-state index in [1.807, 2.05) is 17.6 Å². The van der Waals surface area contributed by atoms with E-state index in [0.717, 1.165) is 43.3 Å². The zero-order valence-corrected chi connectivity index (χ0v) is 12.2. The highest BCUT2D eigenvalue weighted by Gasteiger charge is 2.20. The first-order chi connectivity index (χ1) is 10.3. The van der Waals surface area contributed by atoms with Crippen molar-refractivity contribution in [3.8, 4) is 6.07 Å². The molecule has 0 unspecified atom stereocenters. The molecule has 0 amide bonds. The van der Waals surface area contributed by atoms with Crippen molar-refractivity contribution in [1.29, 1.82) is 5.26 Å². The van der Waals surface area contributed by atoms with E-state index in [1.54, 1.807) is 23.5 Å². The van der Waals surface area contributed by atoms with Crippen LogP contribution < -0.4 is 9.80 Å². The van der Waals surface area contributed by atoms with Crippen LogP contribution in [0.3, 0.4) is 0 Å². The molecule has 0 N–H and O–H groups in total. The molecule has 0 aliphatic carbocycles. The fourth-order valence-electron chi connectivity index (χ4n) is 2.50. The highest BCUT2D eigenvalue weighted by molar-refractivity contribution is 7.13. The van der Waals surface area contributed by atoms with E-state index in [-0.39, 0.29) is 0 Å². The largest absolute Gasteiger partial charge is 0.367 e. The Bertz CT molecular complexity index is 669. The van der Waals surface area contributed by atoms with Crippen LogP contribution >= 0.6 is 11.3 Å². The lowest BCUT2D eigenvalue weighted by Gasteiger charge is -2.36. The molecule has 0 atom stereocenters. The molecule has 1 aliphatic heterocycles. The minimum Gasteiger partial charge on any atom is -0.367 e. The molecule has 0 saturated carbocycles. The average molecular weight is 298 g/mol. The summed E-state index contributed by atoms with van der Waals surface area (Å²) in [6, 6.07) is 7.45. The minimum atomic E-state index is 0.539. The molecule has 1 aliphatic rings. The molecule has 0 bridgehead atoms. The molecule has 1 saturated heterocycles. The minimum absolute atomic E-state index is 0.539. The number of carbonyl (C=O) groups excluding carboxylic acids is 1. The Morgan fingerprint density at radius 3 is 2.62 bits per heavy atom. The molecule has 21 heavy (non-hydrogen) atoms. The molecule has 0 radical (unpaired) electrons. The third kappa shape index (κ3) is 2.73. The van der Waals surface area contributed by atoms with Gasteiger partial charge in [-0.05, 0) is 18.2 Å². The van der Waals surface area contributed by atoms with Crippen LogP contribution in [0.25, 0.3) is 0 Å². The first kappa shape index (κ1) is 13.6. The number of hydrogen-bond donors (Lipinski definition) is 0. The van der Waals surface area contributed by atoms with Gasteiger partial charge < -0.3 is 9.80 Å². The average Bonchev–Trinajstić information content (AvgIpc) is 3.09. The first-order valence-electron chi connectivity index (χ1n) is 6.70. The van der Waals surface area contributed by atoms with Gasteiger partial charge in [0.05, 0.1) is 11.3 Å². The van der Waals surface area contributed by atoms with Crippen molar-refractivity contribution < 1.29 is 4.79 Å². The predicted molar refractivity (Wildman–Crippen MR) is 83.1 cm³/mol. The number of rotatable bonds is 3. The van der Waals surface area contributed by atoms with Crippen LogP contribution in [-0.4, -0.2) is 37.4 Å². The number of nitriles is 1. The molecule has 6 heteroatoms. The van der Waals surface area contributed by atoms with E-state index in [0.29, 0.717) is 11.1 Å². The number of piperazine rings is 1. The molecule has 2 aromatic rings. The van der Waals surface area contributed by atoms with Crippen LogP contribution in [0.4, 0.5) is 10.8 Å². The van der Waals surface area contributed by atoms with Crippen molar-refractivity contribution in [2.45, 2.75) is 0 Å². The summed E-state index contributed by atoms with van der Waals surface area (Å²) in [5, 5.41) is 12.3. The highest BCUT2D eigenvalue weighted by Crippen LogP contribution is 2.25. The molecule has 1 aromatic heterocycles. The Kier molecular flexibility index (Phi) is 3.84. The van der Waals surface area contributed by atoms with E-state index < -0.39 is 0 Å². The molecule has 1 aromatic carbocycles. The first-order valence-corrected chi connectivity index (χ1v) is 7.58. The number of hydrogen-bond acceptors (Lipinski definition) is 6. The summed E-state index contributed by atoms with van der Waals surface area (Å²) in [5.41, 5.74) is 2.00. The maximum atomic E-state index is 10.8. The van der Waals surface area contributed by atoms with E-state index in [4.69, 9.17) is 0 Å². The number of aldehydes is 1. The van der Waals surface area contributed by atoms with Gasteiger partial charge in [0.15, 0.2) is 5.13 Å². The SMILES string of the molecule is N#Cc1cc(C=O)ccc1N1CCN(c2nccs2)CC1. The van der Waals surface area contributed by atoms with Crippen molar-refractivity contribution in [1.82, 2.24) is 4.98 Å². The number of benzene rings is 1. The van der Waals surface area contributed by atoms with Crippen molar-refractivity contribution in [3.63, 3.8) is 0 Å². The summed E-state index contributed by atoms with van der Waals surface area (Å²) >= 11 is 1.64. The number of aromatic nitrogens is 1. The van der Waals surface area contributed by atoms with Crippen LogP contribution in [0.5, 0.6) is 0 Å². The Labute approximate surface area is 127 Å². The smallest absolute Gasteiger partial charge is 0.185 e. The van der Waals surface area contributed by atoms with Crippen LogP contribution in [-0.2, 0) is 0 Å². The van der Waals surface area contributed by atoms with Gasteiger partial charge in [0.1, 0.15) is 12.4 Å². The lowest BCUT2D eigenvalue weighted by Crippen LogP contribution is -2.46. The monoisotopic (exact) mass is 298 g/mol. The van der Waals surface area contributed by atoms with Gasteiger partial charge in [-0.3, -0.25) is 4.79 Å². The van der Waals surface area contributed by atoms with E-state index in [2.05, 4.69) is 20.9 Å². The van der Waals surface area contributed by atoms with Crippen molar-refractivity contribution >= 4 is 28.4 Å². The van der Waals surface area contributed by atoms with E-state index >= 15 is 0 Å². The maximum Gasteiger partial charge on any atom is 0.185 e. The van der Waals surface area contributed by atoms with Crippen LogP contribution in [0, 0.1) is 11.3 Å². The van der Waals surface area contributed by atoms with Gasteiger partial charge in [-0.2, -0.15) is 5.26 Å². The summed E-state index contributed by atoms with van der Waals surface area (Å²) in [7, 11) is 0. The second kappa shape index (κ2) is 5.94. The molecular formula is C15H14N4OS. The van der Waals surface area contributed by atoms with Gasteiger partial charge in [-0.15, -0.1) is 11.3 Å². The van der Waals surface area contributed by atoms with Crippen molar-refractivity contribution in [3.05, 3.63) is 40.9 Å². The van der Waals surface area contributed by atoms with Gasteiger partial charge in [0.25, 0.3) is 0 Å². The number of carbonyl (C=O) groups is 1. The third-order valence-electron chi connectivity index (χ3n) is 3.59. The Morgan fingerprint density at radius 2 is 2.00 bits per heavy atom. The third-order valence-corrected chi connectivity index (χ3v) is 4.42. The summed E-state index contributed by atoms with van der Waals surface area (Å²) in [5.74, 6) is 0. The predicted octanol–water partition coefficient (Wildman–Crippen LogP) is 2.15. The number of nitrogens with zero attached hydrogens (tertiary/aromatic N) is 4. The second-order valence-electron chi connectivity index (χ2n) is 4.80. The highest BCUT2D eigenvalue weighted by atomic mass is 32.1. The molecular weight excluding hydrogens is 284 g/mol. The summed E-state index contributed by atoms with van der Waals surface area (Å²) < 4.78 is 0. The fourth-order valence-corrected chi connectivity index (χ4v) is 3.20. The second-order valence-corrected chi connectivity index (χ2v) is 5.67. The molecule has 2 heterocycles. The van der Waals surface area contributed by atoms with Gasteiger partial charge in [-0.1, -0.05) is 0 Å². The normalized spacial score (nSPS) is 14.8. The van der Waals surface area contributed by atoms with Gasteiger partial charge >= 0.3 is 0 Å². The summed E-state index contributed by atoms with van der Waals surface area (Å²) in [6.45, 7) is 3.45. The maximum absolute atomic E-state index is 10.8. The van der Waals surface area contributed by atoms with Gasteiger partial charge in [-0.25, -0.2) is 4.98 Å². The fraction of sp³-hybridized carbons (Fsp3) is 0.267. The standard InChI is InChI=1S/C15H14N4OS/c16-10-13-9-12(11-20)1-2-14(13)18-4-6-19(7-5-18)15-17-3-8-21-15/h1-3,8-9,11H,4-7H2. The lowest BCUT2D eigenvalue weighted by molar-refractivity contribution is 0.112.